The Morgan fingerprint density at radius 3 is 2.92 bits per heavy atom. The zero-order valence-corrected chi connectivity index (χ0v) is 7.73. The van der Waals surface area contributed by atoms with E-state index in [1.807, 2.05) is 12.2 Å². The topological polar surface area (TPSA) is 75.3 Å². The fraction of sp³-hybridized carbons (Fsp3) is 0.667. The van der Waals surface area contributed by atoms with Gasteiger partial charge < -0.3 is 16.2 Å². The molecule has 0 aromatic carbocycles. The minimum absolute atomic E-state index is 0.000169. The quantitative estimate of drug-likeness (QED) is 0.512. The molecule has 1 aliphatic rings. The summed E-state index contributed by atoms with van der Waals surface area (Å²) in [4.78, 5) is 11.4. The van der Waals surface area contributed by atoms with Gasteiger partial charge in [-0.05, 0) is 13.3 Å². The number of amides is 1. The lowest BCUT2D eigenvalue weighted by Gasteiger charge is -2.14. The average Bonchev–Trinajstić information content (AvgIpc) is 2.51. The molecule has 0 radical (unpaired) electrons. The van der Waals surface area contributed by atoms with Crippen molar-refractivity contribution >= 4 is 5.91 Å². The van der Waals surface area contributed by atoms with E-state index in [4.69, 9.17) is 10.8 Å². The molecule has 3 atom stereocenters. The van der Waals surface area contributed by atoms with E-state index in [0.717, 1.165) is 0 Å². The second kappa shape index (κ2) is 4.39. The Balaban J connectivity index is 2.37. The highest BCUT2D eigenvalue weighted by atomic mass is 16.3. The van der Waals surface area contributed by atoms with E-state index in [9.17, 15) is 4.79 Å². The van der Waals surface area contributed by atoms with Gasteiger partial charge in [0.25, 0.3) is 0 Å². The lowest BCUT2D eigenvalue weighted by molar-refractivity contribution is -0.124. The molecule has 0 saturated carbocycles. The monoisotopic (exact) mass is 184 g/mol. The third kappa shape index (κ3) is 2.82. The number of rotatable bonds is 3. The summed E-state index contributed by atoms with van der Waals surface area (Å²) in [6.45, 7) is 1.73. The first-order valence-corrected chi connectivity index (χ1v) is 4.48. The van der Waals surface area contributed by atoms with Gasteiger partial charge in [0.2, 0.25) is 5.91 Å². The molecule has 4 heteroatoms. The van der Waals surface area contributed by atoms with E-state index in [2.05, 4.69) is 5.32 Å². The maximum Gasteiger partial charge on any atom is 0.227 e. The summed E-state index contributed by atoms with van der Waals surface area (Å²) in [6.07, 6.45) is 4.34. The minimum atomic E-state index is -0.183. The average molecular weight is 184 g/mol. The van der Waals surface area contributed by atoms with Crippen molar-refractivity contribution in [3.63, 3.8) is 0 Å². The molecule has 1 aliphatic carbocycles. The lowest BCUT2D eigenvalue weighted by Crippen LogP contribution is -2.38. The van der Waals surface area contributed by atoms with Gasteiger partial charge in [0.05, 0.1) is 12.5 Å². The minimum Gasteiger partial charge on any atom is -0.394 e. The number of nitrogens with one attached hydrogen (secondary N) is 1. The first kappa shape index (κ1) is 10.2. The SMILES string of the molecule is CC(CO)NC(=O)C1C=CC(N)C1. The molecule has 13 heavy (non-hydrogen) atoms. The summed E-state index contributed by atoms with van der Waals surface area (Å²) in [6, 6.07) is -0.182. The molecule has 0 aromatic rings. The third-order valence-electron chi connectivity index (χ3n) is 2.12. The van der Waals surface area contributed by atoms with Crippen molar-refractivity contribution in [2.45, 2.75) is 25.4 Å². The molecule has 3 unspecified atom stereocenters. The van der Waals surface area contributed by atoms with Crippen molar-refractivity contribution in [1.29, 1.82) is 0 Å². The Kier molecular flexibility index (Phi) is 3.45. The van der Waals surface area contributed by atoms with Gasteiger partial charge in [0.1, 0.15) is 0 Å². The molecule has 0 aliphatic heterocycles. The van der Waals surface area contributed by atoms with Crippen LogP contribution in [0, 0.1) is 5.92 Å². The fourth-order valence-electron chi connectivity index (χ4n) is 1.32. The molecule has 0 heterocycles. The number of hydrogen-bond donors (Lipinski definition) is 3. The van der Waals surface area contributed by atoms with Crippen LogP contribution < -0.4 is 11.1 Å². The Morgan fingerprint density at radius 2 is 2.46 bits per heavy atom. The first-order valence-electron chi connectivity index (χ1n) is 4.48. The van der Waals surface area contributed by atoms with Crippen molar-refractivity contribution in [2.75, 3.05) is 6.61 Å². The molecule has 4 N–H and O–H groups in total. The third-order valence-corrected chi connectivity index (χ3v) is 2.12. The van der Waals surface area contributed by atoms with Crippen LogP contribution in [0.5, 0.6) is 0 Å². The Hall–Kier alpha value is -0.870. The molecule has 1 amide bonds. The molecular formula is C9H16N2O2. The van der Waals surface area contributed by atoms with Gasteiger partial charge in [-0.15, -0.1) is 0 Å². The molecule has 0 aromatic heterocycles. The maximum absolute atomic E-state index is 11.4. The Bertz CT molecular complexity index is 216. The van der Waals surface area contributed by atoms with Gasteiger partial charge in [-0.2, -0.15) is 0 Å². The molecule has 0 fully saturated rings. The molecular weight excluding hydrogens is 168 g/mol. The fourth-order valence-corrected chi connectivity index (χ4v) is 1.32. The van der Waals surface area contributed by atoms with E-state index in [1.54, 1.807) is 6.92 Å². The Morgan fingerprint density at radius 1 is 1.77 bits per heavy atom. The predicted molar refractivity (Wildman–Crippen MR) is 49.9 cm³/mol. The molecule has 4 nitrogen and oxygen atoms in total. The van der Waals surface area contributed by atoms with Gasteiger partial charge in [0, 0.05) is 12.1 Å². The van der Waals surface area contributed by atoms with Crippen molar-refractivity contribution in [3.8, 4) is 0 Å². The Labute approximate surface area is 77.8 Å². The molecule has 0 saturated heterocycles. The normalized spacial score (nSPS) is 28.8. The summed E-state index contributed by atoms with van der Waals surface area (Å²) in [7, 11) is 0. The van der Waals surface area contributed by atoms with Crippen molar-refractivity contribution in [3.05, 3.63) is 12.2 Å². The number of nitrogens with two attached hydrogens (primary N) is 1. The number of aliphatic hydroxyl groups is 1. The van der Waals surface area contributed by atoms with Crippen molar-refractivity contribution in [1.82, 2.24) is 5.32 Å². The largest absolute Gasteiger partial charge is 0.394 e. The number of hydrogen-bond acceptors (Lipinski definition) is 3. The zero-order chi connectivity index (χ0) is 9.84. The van der Waals surface area contributed by atoms with Crippen LogP contribution in [0.2, 0.25) is 0 Å². The maximum atomic E-state index is 11.4. The van der Waals surface area contributed by atoms with Crippen LogP contribution in [0.15, 0.2) is 12.2 Å². The number of carbonyl (C=O) groups is 1. The van der Waals surface area contributed by atoms with Crippen LogP contribution in [0.4, 0.5) is 0 Å². The number of aliphatic hydroxyl groups excluding tert-OH is 1. The van der Waals surface area contributed by atoms with Crippen LogP contribution in [0.3, 0.4) is 0 Å². The molecule has 1 rings (SSSR count). The van der Waals surface area contributed by atoms with Crippen LogP contribution >= 0.6 is 0 Å². The molecule has 0 bridgehead atoms. The van der Waals surface area contributed by atoms with E-state index in [1.165, 1.54) is 0 Å². The summed E-state index contributed by atoms with van der Waals surface area (Å²) in [5.41, 5.74) is 5.61. The van der Waals surface area contributed by atoms with E-state index in [0.29, 0.717) is 6.42 Å². The van der Waals surface area contributed by atoms with Gasteiger partial charge in [0.15, 0.2) is 0 Å². The first-order chi connectivity index (χ1) is 6.13. The predicted octanol–water partition coefficient (Wildman–Crippen LogP) is -0.613. The van der Waals surface area contributed by atoms with Gasteiger partial charge >= 0.3 is 0 Å². The zero-order valence-electron chi connectivity index (χ0n) is 7.73. The standard InChI is InChI=1S/C9H16N2O2/c1-6(5-12)11-9(13)7-2-3-8(10)4-7/h2-3,6-8,12H,4-5,10H2,1H3,(H,11,13). The van der Waals surface area contributed by atoms with Crippen LogP contribution in [0.1, 0.15) is 13.3 Å². The highest BCUT2D eigenvalue weighted by Crippen LogP contribution is 2.16. The highest BCUT2D eigenvalue weighted by Gasteiger charge is 2.23. The van der Waals surface area contributed by atoms with E-state index in [-0.39, 0.29) is 30.5 Å². The van der Waals surface area contributed by atoms with Crippen molar-refractivity contribution < 1.29 is 9.90 Å². The summed E-state index contributed by atoms with van der Waals surface area (Å²) < 4.78 is 0. The van der Waals surface area contributed by atoms with E-state index >= 15 is 0 Å². The second-order valence-electron chi connectivity index (χ2n) is 3.48. The van der Waals surface area contributed by atoms with E-state index < -0.39 is 0 Å². The van der Waals surface area contributed by atoms with Gasteiger partial charge in [-0.3, -0.25) is 4.79 Å². The second-order valence-corrected chi connectivity index (χ2v) is 3.48. The number of carbonyl (C=O) groups excluding carboxylic acids is 1. The molecule has 0 spiro atoms. The summed E-state index contributed by atoms with van der Waals surface area (Å²) in [5.74, 6) is -0.172. The van der Waals surface area contributed by atoms with Crippen LogP contribution in [-0.4, -0.2) is 29.7 Å². The van der Waals surface area contributed by atoms with Crippen LogP contribution in [-0.2, 0) is 4.79 Å². The van der Waals surface area contributed by atoms with Crippen molar-refractivity contribution in [2.24, 2.45) is 11.7 Å². The summed E-state index contributed by atoms with van der Waals surface area (Å²) in [5, 5.41) is 11.4. The van der Waals surface area contributed by atoms with Crippen LogP contribution in [0.25, 0.3) is 0 Å². The molecule has 74 valence electrons. The lowest BCUT2D eigenvalue weighted by atomic mass is 10.1. The van der Waals surface area contributed by atoms with Gasteiger partial charge in [-0.1, -0.05) is 12.2 Å². The van der Waals surface area contributed by atoms with Gasteiger partial charge in [-0.25, -0.2) is 0 Å². The summed E-state index contributed by atoms with van der Waals surface area (Å²) >= 11 is 0. The highest BCUT2D eigenvalue weighted by molar-refractivity contribution is 5.81. The smallest absolute Gasteiger partial charge is 0.227 e.